The van der Waals surface area contributed by atoms with Crippen molar-refractivity contribution in [3.8, 4) is 0 Å². The summed E-state index contributed by atoms with van der Waals surface area (Å²) >= 11 is 0. The van der Waals surface area contributed by atoms with Crippen molar-refractivity contribution in [2.75, 3.05) is 36.0 Å². The topological polar surface area (TPSA) is 6.48 Å². The van der Waals surface area contributed by atoms with Crippen LogP contribution in [0.3, 0.4) is 0 Å². The van der Waals surface area contributed by atoms with Gasteiger partial charge in [-0.25, -0.2) is 0 Å². The van der Waals surface area contributed by atoms with Crippen molar-refractivity contribution in [1.82, 2.24) is 0 Å². The zero-order valence-corrected chi connectivity index (χ0v) is 20.0. The summed E-state index contributed by atoms with van der Waals surface area (Å²) in [6.45, 7) is 12.9. The Kier molecular flexibility index (Phi) is 8.74. The second kappa shape index (κ2) is 12.0. The molecule has 0 aromatic heterocycles. The number of nitrogens with zero attached hydrogens (tertiary/aromatic N) is 2. The highest BCUT2D eigenvalue weighted by molar-refractivity contribution is 5.84. The van der Waals surface area contributed by atoms with Gasteiger partial charge in [-0.05, 0) is 56.0 Å². The maximum Gasteiger partial charge on any atom is 0.0677 e. The predicted octanol–water partition coefficient (Wildman–Crippen LogP) is 7.52. The van der Waals surface area contributed by atoms with Crippen LogP contribution in [-0.4, -0.2) is 26.2 Å². The molecule has 0 unspecified atom stereocenters. The number of hydrogen-bond acceptors (Lipinski definition) is 2. The number of hydrogen-bond donors (Lipinski definition) is 0. The third kappa shape index (κ3) is 5.50. The Hall–Kier alpha value is -3.26. The van der Waals surface area contributed by atoms with Gasteiger partial charge in [-0.3, -0.25) is 0 Å². The Labute approximate surface area is 194 Å². The van der Waals surface area contributed by atoms with Crippen LogP contribution < -0.4 is 9.80 Å². The van der Waals surface area contributed by atoms with Crippen molar-refractivity contribution < 1.29 is 0 Å². The molecule has 0 saturated carbocycles. The Morgan fingerprint density at radius 3 is 1.66 bits per heavy atom. The van der Waals surface area contributed by atoms with E-state index in [9.17, 15) is 0 Å². The Morgan fingerprint density at radius 1 is 0.625 bits per heavy atom. The SMILES string of the molecule is CCN(CC)c1cccc(C=CC=C(c2ccccc2)c2ccccc2)c1N(CC)CC. The molecule has 0 amide bonds. The molecule has 3 aromatic carbocycles. The first-order valence-electron chi connectivity index (χ1n) is 11.8. The highest BCUT2D eigenvalue weighted by Gasteiger charge is 2.15. The first-order chi connectivity index (χ1) is 15.7. The summed E-state index contributed by atoms with van der Waals surface area (Å²) in [5.41, 5.74) is 7.58. The third-order valence-electron chi connectivity index (χ3n) is 5.94. The lowest BCUT2D eigenvalue weighted by Crippen LogP contribution is -2.28. The number of para-hydroxylation sites is 1. The molecular weight excluding hydrogens is 388 g/mol. The lowest BCUT2D eigenvalue weighted by molar-refractivity contribution is 0.832. The minimum absolute atomic E-state index is 0.991. The van der Waals surface area contributed by atoms with Crippen LogP contribution in [0, 0.1) is 0 Å². The molecule has 0 aliphatic carbocycles. The molecule has 0 saturated heterocycles. The first-order valence-corrected chi connectivity index (χ1v) is 11.8. The first kappa shape index (κ1) is 23.4. The lowest BCUT2D eigenvalue weighted by Gasteiger charge is -2.31. The van der Waals surface area contributed by atoms with Crippen LogP contribution in [0.5, 0.6) is 0 Å². The van der Waals surface area contributed by atoms with Gasteiger partial charge in [0.25, 0.3) is 0 Å². The third-order valence-corrected chi connectivity index (χ3v) is 5.94. The van der Waals surface area contributed by atoms with E-state index in [-0.39, 0.29) is 0 Å². The average Bonchev–Trinajstić information content (AvgIpc) is 2.85. The van der Waals surface area contributed by atoms with Crippen LogP contribution in [0.25, 0.3) is 11.6 Å². The molecule has 0 spiro atoms. The van der Waals surface area contributed by atoms with Crippen LogP contribution in [0.2, 0.25) is 0 Å². The van der Waals surface area contributed by atoms with Gasteiger partial charge in [-0.15, -0.1) is 0 Å². The molecule has 0 aliphatic rings. The summed E-state index contributed by atoms with van der Waals surface area (Å²) in [4.78, 5) is 4.91. The Balaban J connectivity index is 2.07. The van der Waals surface area contributed by atoms with E-state index in [0.29, 0.717) is 0 Å². The highest BCUT2D eigenvalue weighted by atomic mass is 15.2. The zero-order chi connectivity index (χ0) is 22.8. The smallest absolute Gasteiger partial charge is 0.0677 e. The molecule has 166 valence electrons. The van der Waals surface area contributed by atoms with Gasteiger partial charge >= 0.3 is 0 Å². The monoisotopic (exact) mass is 424 g/mol. The fraction of sp³-hybridized carbons (Fsp3) is 0.267. The van der Waals surface area contributed by atoms with E-state index in [1.165, 1.54) is 33.6 Å². The molecule has 32 heavy (non-hydrogen) atoms. The van der Waals surface area contributed by atoms with Crippen molar-refractivity contribution >= 4 is 23.0 Å². The molecule has 3 aromatic rings. The van der Waals surface area contributed by atoms with Crippen LogP contribution >= 0.6 is 0 Å². The second-order valence-electron chi connectivity index (χ2n) is 7.73. The normalized spacial score (nSPS) is 10.9. The molecule has 0 heterocycles. The van der Waals surface area contributed by atoms with Gasteiger partial charge in [0.15, 0.2) is 0 Å². The molecule has 0 atom stereocenters. The maximum absolute atomic E-state index is 2.46. The fourth-order valence-electron chi connectivity index (χ4n) is 4.23. The van der Waals surface area contributed by atoms with Crippen molar-refractivity contribution in [2.24, 2.45) is 0 Å². The second-order valence-corrected chi connectivity index (χ2v) is 7.73. The van der Waals surface area contributed by atoms with E-state index in [4.69, 9.17) is 0 Å². The standard InChI is InChI=1S/C30H36N2/c1-5-31(6-2)29-24-16-22-27(30(29)32(7-3)8-4)21-15-23-28(25-17-11-9-12-18-25)26-19-13-10-14-20-26/h9-24H,5-8H2,1-4H3. The largest absolute Gasteiger partial charge is 0.370 e. The summed E-state index contributed by atoms with van der Waals surface area (Å²) in [5.74, 6) is 0. The maximum atomic E-state index is 2.46. The van der Waals surface area contributed by atoms with Crippen molar-refractivity contribution in [3.05, 3.63) is 108 Å². The number of benzene rings is 3. The molecule has 0 aliphatic heterocycles. The van der Waals surface area contributed by atoms with Gasteiger partial charge in [-0.2, -0.15) is 0 Å². The van der Waals surface area contributed by atoms with E-state index in [0.717, 1.165) is 26.2 Å². The quantitative estimate of drug-likeness (QED) is 0.310. The zero-order valence-electron chi connectivity index (χ0n) is 20.0. The highest BCUT2D eigenvalue weighted by Crippen LogP contribution is 2.34. The van der Waals surface area contributed by atoms with Crippen molar-refractivity contribution in [3.63, 3.8) is 0 Å². The summed E-state index contributed by atoms with van der Waals surface area (Å²) in [7, 11) is 0. The van der Waals surface area contributed by atoms with Crippen LogP contribution in [-0.2, 0) is 0 Å². The molecule has 0 N–H and O–H groups in total. The van der Waals surface area contributed by atoms with Gasteiger partial charge in [0.05, 0.1) is 11.4 Å². The molecule has 3 rings (SSSR count). The average molecular weight is 425 g/mol. The molecular formula is C30H36N2. The summed E-state index contributed by atoms with van der Waals surface area (Å²) in [6.07, 6.45) is 6.69. The summed E-state index contributed by atoms with van der Waals surface area (Å²) < 4.78 is 0. The minimum Gasteiger partial charge on any atom is -0.370 e. The summed E-state index contributed by atoms with van der Waals surface area (Å²) in [6, 6.07) is 27.9. The van der Waals surface area contributed by atoms with E-state index in [1.807, 2.05) is 0 Å². The molecule has 0 radical (unpaired) electrons. The molecule has 0 bridgehead atoms. The van der Waals surface area contributed by atoms with Crippen LogP contribution in [0.4, 0.5) is 11.4 Å². The van der Waals surface area contributed by atoms with E-state index in [2.05, 4.69) is 135 Å². The van der Waals surface area contributed by atoms with Crippen LogP contribution in [0.15, 0.2) is 91.0 Å². The number of rotatable bonds is 10. The van der Waals surface area contributed by atoms with Crippen LogP contribution in [0.1, 0.15) is 44.4 Å². The predicted molar refractivity (Wildman–Crippen MR) is 143 cm³/mol. The van der Waals surface area contributed by atoms with Gasteiger partial charge in [0, 0.05) is 26.2 Å². The van der Waals surface area contributed by atoms with Crippen molar-refractivity contribution in [2.45, 2.75) is 27.7 Å². The number of allylic oxidation sites excluding steroid dienone is 2. The van der Waals surface area contributed by atoms with Gasteiger partial charge in [-0.1, -0.05) is 91.0 Å². The van der Waals surface area contributed by atoms with E-state index < -0.39 is 0 Å². The van der Waals surface area contributed by atoms with Gasteiger partial charge in [0.2, 0.25) is 0 Å². The van der Waals surface area contributed by atoms with E-state index >= 15 is 0 Å². The molecule has 2 heteroatoms. The molecule has 2 nitrogen and oxygen atoms in total. The fourth-order valence-corrected chi connectivity index (χ4v) is 4.23. The van der Waals surface area contributed by atoms with Gasteiger partial charge < -0.3 is 9.80 Å². The number of anilines is 2. The Bertz CT molecular complexity index is 970. The summed E-state index contributed by atoms with van der Waals surface area (Å²) in [5, 5.41) is 0. The van der Waals surface area contributed by atoms with Gasteiger partial charge in [0.1, 0.15) is 0 Å². The van der Waals surface area contributed by atoms with Crippen molar-refractivity contribution in [1.29, 1.82) is 0 Å². The Morgan fingerprint density at radius 2 is 1.16 bits per heavy atom. The minimum atomic E-state index is 0.991. The lowest BCUT2D eigenvalue weighted by atomic mass is 9.97. The van der Waals surface area contributed by atoms with E-state index in [1.54, 1.807) is 0 Å². The molecule has 0 fully saturated rings.